The summed E-state index contributed by atoms with van der Waals surface area (Å²) in [7, 11) is 0. The van der Waals surface area contributed by atoms with Gasteiger partial charge in [-0.25, -0.2) is 4.98 Å². The maximum atomic E-state index is 13.1. The predicted octanol–water partition coefficient (Wildman–Crippen LogP) is 2.87. The van der Waals surface area contributed by atoms with Crippen molar-refractivity contribution in [1.82, 2.24) is 19.3 Å². The molecule has 0 aromatic carbocycles. The summed E-state index contributed by atoms with van der Waals surface area (Å²) in [5, 5.41) is 11.9. The highest BCUT2D eigenvalue weighted by Gasteiger charge is 2.17. The molecule has 3 heterocycles. The molecule has 0 radical (unpaired) electrons. The van der Waals surface area contributed by atoms with Gasteiger partial charge in [0.15, 0.2) is 0 Å². The number of ether oxygens (including phenoxy) is 1. The van der Waals surface area contributed by atoms with E-state index in [0.29, 0.717) is 49.4 Å². The van der Waals surface area contributed by atoms with Crippen molar-refractivity contribution in [2.75, 3.05) is 19.8 Å². The second-order valence-corrected chi connectivity index (χ2v) is 7.51. The number of unbranched alkanes of at least 4 members (excludes halogenated alkanes) is 3. The average Bonchev–Trinajstić information content (AvgIpc) is 2.78. The van der Waals surface area contributed by atoms with Crippen molar-refractivity contribution in [2.24, 2.45) is 0 Å². The zero-order valence-corrected chi connectivity index (χ0v) is 18.3. The lowest BCUT2D eigenvalue weighted by Crippen LogP contribution is -2.35. The van der Waals surface area contributed by atoms with Crippen molar-refractivity contribution < 1.29 is 9.53 Å². The van der Waals surface area contributed by atoms with Crippen LogP contribution in [0.4, 0.5) is 0 Å². The van der Waals surface area contributed by atoms with Gasteiger partial charge in [-0.3, -0.25) is 19.4 Å². The van der Waals surface area contributed by atoms with Gasteiger partial charge in [-0.2, -0.15) is 0 Å². The highest BCUT2D eigenvalue weighted by Crippen LogP contribution is 2.11. The minimum Gasteiger partial charge on any atom is -0.382 e. The normalized spacial score (nSPS) is 11.3. The van der Waals surface area contributed by atoms with E-state index in [-0.39, 0.29) is 22.5 Å². The van der Waals surface area contributed by atoms with Gasteiger partial charge >= 0.3 is 0 Å². The Bertz CT molecular complexity index is 1170. The van der Waals surface area contributed by atoms with Gasteiger partial charge in [0.1, 0.15) is 16.8 Å². The second kappa shape index (κ2) is 10.9. The lowest BCUT2D eigenvalue weighted by atomic mass is 10.1. The molecule has 0 aliphatic heterocycles. The van der Waals surface area contributed by atoms with E-state index in [1.54, 1.807) is 22.9 Å². The van der Waals surface area contributed by atoms with Crippen molar-refractivity contribution in [1.29, 1.82) is 5.41 Å². The van der Waals surface area contributed by atoms with Gasteiger partial charge in [0.25, 0.3) is 11.5 Å². The van der Waals surface area contributed by atoms with Gasteiger partial charge in [-0.1, -0.05) is 32.3 Å². The Kier molecular flexibility index (Phi) is 7.94. The highest BCUT2D eigenvalue weighted by molar-refractivity contribution is 5.96. The molecule has 166 valence electrons. The highest BCUT2D eigenvalue weighted by atomic mass is 16.5. The summed E-state index contributed by atoms with van der Waals surface area (Å²) >= 11 is 0. The van der Waals surface area contributed by atoms with Gasteiger partial charge in [0.2, 0.25) is 0 Å². The van der Waals surface area contributed by atoms with E-state index < -0.39 is 0 Å². The van der Waals surface area contributed by atoms with Crippen LogP contribution < -0.4 is 16.4 Å². The van der Waals surface area contributed by atoms with Crippen molar-refractivity contribution in [3.05, 3.63) is 51.9 Å². The first-order valence-electron chi connectivity index (χ1n) is 11.0. The van der Waals surface area contributed by atoms with Crippen LogP contribution in [0, 0.1) is 5.41 Å². The van der Waals surface area contributed by atoms with Gasteiger partial charge in [-0.05, 0) is 38.0 Å². The molecule has 31 heavy (non-hydrogen) atoms. The number of hydrogen-bond donors (Lipinski definition) is 2. The standard InChI is InChI=1S/C23H31N5O3/c1-3-5-6-8-12-25-22(29)17-16-18-21(28(20(17)24)14-10-15-31-4-2)26-19-11-7-9-13-27(19)23(18)30/h7,9,11,13,16,24H,3-6,8,10,12,14-15H2,1-2H3,(H,25,29). The fourth-order valence-corrected chi connectivity index (χ4v) is 3.60. The van der Waals surface area contributed by atoms with Crippen LogP contribution in [-0.4, -0.2) is 39.6 Å². The predicted molar refractivity (Wildman–Crippen MR) is 120 cm³/mol. The van der Waals surface area contributed by atoms with E-state index in [4.69, 9.17) is 10.1 Å². The first kappa shape index (κ1) is 22.7. The average molecular weight is 426 g/mol. The van der Waals surface area contributed by atoms with Crippen LogP contribution in [0.2, 0.25) is 0 Å². The van der Waals surface area contributed by atoms with Crippen LogP contribution in [0.1, 0.15) is 56.3 Å². The summed E-state index contributed by atoms with van der Waals surface area (Å²) in [4.78, 5) is 30.6. The quantitative estimate of drug-likeness (QED) is 0.364. The molecule has 0 saturated carbocycles. The van der Waals surface area contributed by atoms with Crippen LogP contribution in [-0.2, 0) is 11.3 Å². The Morgan fingerprint density at radius 1 is 1.19 bits per heavy atom. The van der Waals surface area contributed by atoms with E-state index >= 15 is 0 Å². The molecule has 2 N–H and O–H groups in total. The Morgan fingerprint density at radius 2 is 2.03 bits per heavy atom. The van der Waals surface area contributed by atoms with Crippen LogP contribution in [0.3, 0.4) is 0 Å². The molecule has 3 rings (SSSR count). The smallest absolute Gasteiger partial charge is 0.267 e. The molecular weight excluding hydrogens is 394 g/mol. The monoisotopic (exact) mass is 425 g/mol. The number of rotatable bonds is 11. The fourth-order valence-electron chi connectivity index (χ4n) is 3.60. The maximum Gasteiger partial charge on any atom is 0.267 e. The van der Waals surface area contributed by atoms with Crippen molar-refractivity contribution in [2.45, 2.75) is 52.5 Å². The molecule has 8 heteroatoms. The number of hydrogen-bond acceptors (Lipinski definition) is 5. The van der Waals surface area contributed by atoms with Gasteiger partial charge in [0.05, 0.1) is 10.9 Å². The second-order valence-electron chi connectivity index (χ2n) is 7.51. The molecular formula is C23H31N5O3. The molecule has 0 bridgehead atoms. The summed E-state index contributed by atoms with van der Waals surface area (Å²) in [5.74, 6) is -0.334. The third kappa shape index (κ3) is 5.19. The lowest BCUT2D eigenvalue weighted by molar-refractivity contribution is 0.0950. The number of aromatic nitrogens is 3. The molecule has 0 saturated heterocycles. The number of nitrogens with one attached hydrogen (secondary N) is 2. The fraction of sp³-hybridized carbons (Fsp3) is 0.478. The molecule has 0 unspecified atom stereocenters. The summed E-state index contributed by atoms with van der Waals surface area (Å²) in [6.45, 7) is 6.20. The first-order valence-corrected chi connectivity index (χ1v) is 11.0. The van der Waals surface area contributed by atoms with E-state index in [1.165, 1.54) is 10.5 Å². The minimum absolute atomic E-state index is 0.0576. The van der Waals surface area contributed by atoms with Crippen molar-refractivity contribution >= 4 is 22.6 Å². The molecule has 3 aromatic rings. The number of carbonyl (C=O) groups excluding carboxylic acids is 1. The third-order valence-corrected chi connectivity index (χ3v) is 5.25. The number of fused-ring (bicyclic) bond motifs is 2. The van der Waals surface area contributed by atoms with Gasteiger partial charge < -0.3 is 14.6 Å². The molecule has 0 fully saturated rings. The number of amides is 1. The number of pyridine rings is 2. The zero-order chi connectivity index (χ0) is 22.2. The van der Waals surface area contributed by atoms with Crippen molar-refractivity contribution in [3.63, 3.8) is 0 Å². The summed E-state index contributed by atoms with van der Waals surface area (Å²) in [6.07, 6.45) is 6.51. The SMILES string of the molecule is CCCCCCNC(=O)c1cc2c(=O)n3ccccc3nc2n(CCCOCC)c1=N. The maximum absolute atomic E-state index is 13.1. The Labute approximate surface area is 181 Å². The number of carbonyl (C=O) groups is 1. The Balaban J connectivity index is 2.03. The van der Waals surface area contributed by atoms with E-state index in [0.717, 1.165) is 25.7 Å². The topological polar surface area (TPSA) is 101 Å². The molecule has 3 aromatic heterocycles. The number of nitrogens with zero attached hydrogens (tertiary/aromatic N) is 3. The van der Waals surface area contributed by atoms with Crippen LogP contribution >= 0.6 is 0 Å². The molecule has 8 nitrogen and oxygen atoms in total. The van der Waals surface area contributed by atoms with E-state index in [2.05, 4.69) is 17.2 Å². The molecule has 0 aliphatic carbocycles. The number of aryl methyl sites for hydroxylation is 1. The van der Waals surface area contributed by atoms with E-state index in [9.17, 15) is 9.59 Å². The third-order valence-electron chi connectivity index (χ3n) is 5.25. The molecule has 0 atom stereocenters. The minimum atomic E-state index is -0.334. The molecule has 1 amide bonds. The van der Waals surface area contributed by atoms with E-state index in [1.807, 2.05) is 13.0 Å². The Morgan fingerprint density at radius 3 is 2.81 bits per heavy atom. The zero-order valence-electron chi connectivity index (χ0n) is 18.3. The van der Waals surface area contributed by atoms with Crippen LogP contribution in [0.15, 0.2) is 35.3 Å². The van der Waals surface area contributed by atoms with Gasteiger partial charge in [0, 0.05) is 32.5 Å². The van der Waals surface area contributed by atoms with Gasteiger partial charge in [-0.15, -0.1) is 0 Å². The largest absolute Gasteiger partial charge is 0.382 e. The summed E-state index contributed by atoms with van der Waals surface area (Å²) in [5.41, 5.74) is 0.913. The summed E-state index contributed by atoms with van der Waals surface area (Å²) in [6, 6.07) is 6.84. The van der Waals surface area contributed by atoms with Crippen LogP contribution in [0.5, 0.6) is 0 Å². The van der Waals surface area contributed by atoms with Crippen molar-refractivity contribution in [3.8, 4) is 0 Å². The Hall–Kier alpha value is -3.00. The summed E-state index contributed by atoms with van der Waals surface area (Å²) < 4.78 is 8.53. The molecule has 0 spiro atoms. The van der Waals surface area contributed by atoms with Crippen LogP contribution in [0.25, 0.3) is 16.7 Å². The lowest BCUT2D eigenvalue weighted by Gasteiger charge is -2.15. The first-order chi connectivity index (χ1) is 15.1. The molecule has 0 aliphatic rings.